The van der Waals surface area contributed by atoms with Crippen molar-refractivity contribution in [2.45, 2.75) is 69.7 Å². The van der Waals surface area contributed by atoms with Crippen LogP contribution in [-0.4, -0.2) is 73.5 Å². The second kappa shape index (κ2) is 9.20. The van der Waals surface area contributed by atoms with Crippen molar-refractivity contribution in [3.05, 3.63) is 12.4 Å². The van der Waals surface area contributed by atoms with Crippen LogP contribution in [0.25, 0.3) is 0 Å². The Morgan fingerprint density at radius 3 is 2.43 bits per heavy atom. The first-order valence-electron chi connectivity index (χ1n) is 10.9. The van der Waals surface area contributed by atoms with Crippen LogP contribution in [0.5, 0.6) is 0 Å². The highest BCUT2D eigenvalue weighted by Gasteiger charge is 2.52. The molecule has 2 fully saturated rings. The molecule has 1 aromatic heterocycles. The van der Waals surface area contributed by atoms with Gasteiger partial charge in [0.25, 0.3) is 0 Å². The molecule has 8 nitrogen and oxygen atoms in total. The van der Waals surface area contributed by atoms with E-state index in [9.17, 15) is 8.42 Å². The zero-order valence-electron chi connectivity index (χ0n) is 18.6. The molecule has 2 aliphatic rings. The lowest BCUT2D eigenvalue weighted by atomic mass is 9.81. The lowest BCUT2D eigenvalue weighted by Crippen LogP contribution is -2.41. The van der Waals surface area contributed by atoms with E-state index >= 15 is 0 Å². The van der Waals surface area contributed by atoms with Crippen LogP contribution in [-0.2, 0) is 19.1 Å². The lowest BCUT2D eigenvalue weighted by Gasteiger charge is -2.32. The highest BCUT2D eigenvalue weighted by molar-refractivity contribution is 7.91. The molecule has 0 aromatic carbocycles. The minimum Gasteiger partial charge on any atom is -0.399 e. The average Bonchev–Trinajstić information content (AvgIpc) is 2.90. The monoisotopic (exact) mass is 438 g/mol. The summed E-state index contributed by atoms with van der Waals surface area (Å²) in [6.07, 6.45) is 6.81. The normalized spacial score (nSPS) is 24.3. The highest BCUT2D eigenvalue weighted by atomic mass is 32.2. The summed E-state index contributed by atoms with van der Waals surface area (Å²) in [7, 11) is -4.11. The Morgan fingerprint density at radius 1 is 1.20 bits per heavy atom. The predicted molar refractivity (Wildman–Crippen MR) is 117 cm³/mol. The fourth-order valence-corrected chi connectivity index (χ4v) is 5.17. The van der Waals surface area contributed by atoms with Crippen molar-refractivity contribution in [2.24, 2.45) is 11.7 Å². The molecule has 0 bridgehead atoms. The average molecular weight is 438 g/mol. The fourth-order valence-electron chi connectivity index (χ4n) is 4.01. The summed E-state index contributed by atoms with van der Waals surface area (Å²) in [5.74, 6) is 0.600. The third-order valence-corrected chi connectivity index (χ3v) is 8.12. The maximum Gasteiger partial charge on any atom is 0.498 e. The Labute approximate surface area is 181 Å². The van der Waals surface area contributed by atoms with E-state index in [-0.39, 0.29) is 10.9 Å². The van der Waals surface area contributed by atoms with Gasteiger partial charge < -0.3 is 19.9 Å². The summed E-state index contributed by atoms with van der Waals surface area (Å²) < 4.78 is 37.3. The Morgan fingerprint density at radius 2 is 1.83 bits per heavy atom. The molecule has 2 N–H and O–H groups in total. The number of aromatic nitrogens is 2. The molecule has 2 saturated heterocycles. The number of likely N-dealkylation sites (tertiary alicyclic amines) is 1. The van der Waals surface area contributed by atoms with Crippen molar-refractivity contribution in [1.82, 2.24) is 14.9 Å². The summed E-state index contributed by atoms with van der Waals surface area (Å²) in [6, 6.07) is 0. The van der Waals surface area contributed by atoms with Gasteiger partial charge in [-0.3, -0.25) is 0 Å². The molecule has 1 atom stereocenters. The van der Waals surface area contributed by atoms with Gasteiger partial charge in [-0.05, 0) is 65.8 Å². The van der Waals surface area contributed by atoms with Gasteiger partial charge >= 0.3 is 7.12 Å². The van der Waals surface area contributed by atoms with Crippen molar-refractivity contribution >= 4 is 22.4 Å². The van der Waals surface area contributed by atoms with E-state index in [4.69, 9.17) is 15.0 Å². The summed E-state index contributed by atoms with van der Waals surface area (Å²) >= 11 is 0. The van der Waals surface area contributed by atoms with Crippen molar-refractivity contribution in [3.8, 4) is 0 Å². The molecule has 2 aliphatic heterocycles. The van der Waals surface area contributed by atoms with E-state index in [1.807, 2.05) is 27.7 Å². The van der Waals surface area contributed by atoms with Gasteiger partial charge in [-0.25, -0.2) is 18.4 Å². The fraction of sp³-hybridized carbons (Fsp3) is 0.800. The quantitative estimate of drug-likeness (QED) is 0.473. The van der Waals surface area contributed by atoms with Crippen LogP contribution in [0.3, 0.4) is 0 Å². The van der Waals surface area contributed by atoms with Gasteiger partial charge in [0.1, 0.15) is 0 Å². The lowest BCUT2D eigenvalue weighted by molar-refractivity contribution is 0.00578. The molecule has 3 heterocycles. The van der Waals surface area contributed by atoms with Crippen molar-refractivity contribution in [2.75, 3.05) is 31.9 Å². The van der Waals surface area contributed by atoms with Gasteiger partial charge in [-0.15, -0.1) is 0 Å². The number of sulfone groups is 1. The summed E-state index contributed by atoms with van der Waals surface area (Å²) in [4.78, 5) is 10.6. The number of piperidine rings is 1. The Hall–Kier alpha value is -1.07. The smallest absolute Gasteiger partial charge is 0.399 e. The third-order valence-electron chi connectivity index (χ3n) is 6.53. The van der Waals surface area contributed by atoms with Crippen molar-refractivity contribution in [3.63, 3.8) is 0 Å². The van der Waals surface area contributed by atoms with Crippen LogP contribution < -0.4 is 11.2 Å². The van der Waals surface area contributed by atoms with Crippen LogP contribution >= 0.6 is 0 Å². The predicted octanol–water partition coefficient (Wildman–Crippen LogP) is 1.00. The molecular formula is C20H35BN4O4S. The summed E-state index contributed by atoms with van der Waals surface area (Å²) in [5, 5.41) is -0.129. The number of nitrogens with zero attached hydrogens (tertiary/aromatic N) is 3. The van der Waals surface area contributed by atoms with Crippen LogP contribution in [0.2, 0.25) is 0 Å². The van der Waals surface area contributed by atoms with E-state index in [1.54, 1.807) is 0 Å². The van der Waals surface area contributed by atoms with Crippen LogP contribution in [0.1, 0.15) is 53.4 Å². The Balaban J connectivity index is 1.54. The number of rotatable bonds is 8. The van der Waals surface area contributed by atoms with Crippen LogP contribution in [0.15, 0.2) is 17.6 Å². The first-order chi connectivity index (χ1) is 14.0. The van der Waals surface area contributed by atoms with Gasteiger partial charge in [0.2, 0.25) is 15.0 Å². The zero-order valence-corrected chi connectivity index (χ0v) is 19.5. The number of hydrogen-bond donors (Lipinski definition) is 1. The topological polar surface area (TPSA) is 108 Å². The molecule has 168 valence electrons. The van der Waals surface area contributed by atoms with Gasteiger partial charge in [-0.1, -0.05) is 0 Å². The molecule has 10 heteroatoms. The minimum absolute atomic E-state index is 0.0657. The largest absolute Gasteiger partial charge is 0.498 e. The van der Waals surface area contributed by atoms with Gasteiger partial charge in [-0.2, -0.15) is 0 Å². The van der Waals surface area contributed by atoms with E-state index < -0.39 is 28.2 Å². The maximum atomic E-state index is 12.7. The summed E-state index contributed by atoms with van der Waals surface area (Å²) in [5.41, 5.74) is 5.33. The second-order valence-corrected chi connectivity index (χ2v) is 11.4. The first kappa shape index (κ1) is 23.6. The SMILES string of the molecule is CC1(C)OB(c2cnc(S(=O)(=O)CCCC3CCCN(CCN)C3)nc2)OC1(C)C. The summed E-state index contributed by atoms with van der Waals surface area (Å²) in [6.45, 7) is 11.6. The van der Waals surface area contributed by atoms with E-state index in [0.717, 1.165) is 38.9 Å². The maximum absolute atomic E-state index is 12.7. The second-order valence-electron chi connectivity index (χ2n) is 9.45. The van der Waals surface area contributed by atoms with Gasteiger partial charge in [0.15, 0.2) is 0 Å². The molecule has 30 heavy (non-hydrogen) atoms. The van der Waals surface area contributed by atoms with E-state index in [0.29, 0.717) is 24.3 Å². The van der Waals surface area contributed by atoms with Gasteiger partial charge in [0, 0.05) is 37.5 Å². The molecule has 3 rings (SSSR count). The minimum atomic E-state index is -3.51. The zero-order chi connectivity index (χ0) is 22.0. The van der Waals surface area contributed by atoms with Crippen molar-refractivity contribution in [1.29, 1.82) is 0 Å². The van der Waals surface area contributed by atoms with E-state index in [2.05, 4.69) is 14.9 Å². The molecule has 0 radical (unpaired) electrons. The molecule has 0 spiro atoms. The standard InChI is InChI=1S/C20H35BN4O4S/c1-19(2)20(3,4)29-21(28-19)17-13-23-18(24-14-17)30(26,27)12-6-8-16-7-5-10-25(15-16)11-9-22/h13-14,16H,5-12,15,22H2,1-4H3. The Kier molecular flexibility index (Phi) is 7.24. The molecule has 0 aliphatic carbocycles. The number of hydrogen-bond acceptors (Lipinski definition) is 8. The van der Waals surface area contributed by atoms with Crippen molar-refractivity contribution < 1.29 is 17.7 Å². The number of nitrogens with two attached hydrogens (primary N) is 1. The van der Waals surface area contributed by atoms with Crippen LogP contribution in [0.4, 0.5) is 0 Å². The van der Waals surface area contributed by atoms with E-state index in [1.165, 1.54) is 12.4 Å². The molecule has 0 amide bonds. The molecular weight excluding hydrogens is 403 g/mol. The highest BCUT2D eigenvalue weighted by Crippen LogP contribution is 2.36. The molecule has 0 saturated carbocycles. The Bertz CT molecular complexity index is 799. The molecule has 1 unspecified atom stereocenters. The van der Waals surface area contributed by atoms with Gasteiger partial charge in [0.05, 0.1) is 17.0 Å². The first-order valence-corrected chi connectivity index (χ1v) is 12.5. The third kappa shape index (κ3) is 5.40. The van der Waals surface area contributed by atoms with Crippen LogP contribution in [0, 0.1) is 5.92 Å². The molecule has 1 aromatic rings.